The van der Waals surface area contributed by atoms with Crippen LogP contribution >= 0.6 is 11.3 Å². The van der Waals surface area contributed by atoms with Crippen LogP contribution in [0.15, 0.2) is 57.2 Å². The van der Waals surface area contributed by atoms with E-state index in [9.17, 15) is 30.8 Å². The summed E-state index contributed by atoms with van der Waals surface area (Å²) in [4.78, 5) is 29.7. The minimum Gasteiger partial charge on any atom is -0.465 e. The molecule has 1 amide bonds. The lowest BCUT2D eigenvalue weighted by Gasteiger charge is -2.21. The normalized spacial score (nSPS) is 17.4. The van der Waals surface area contributed by atoms with Crippen LogP contribution in [0.5, 0.6) is 0 Å². The van der Waals surface area contributed by atoms with Gasteiger partial charge >= 0.3 is 5.97 Å². The predicted molar refractivity (Wildman–Crippen MR) is 133 cm³/mol. The molecule has 0 bridgehead atoms. The Bertz CT molecular complexity index is 1640. The average molecular weight is 570 g/mol. The van der Waals surface area contributed by atoms with Crippen molar-refractivity contribution in [2.75, 3.05) is 19.4 Å². The Morgan fingerprint density at radius 2 is 1.78 bits per heavy atom. The average Bonchev–Trinajstić information content (AvgIpc) is 3.45. The van der Waals surface area contributed by atoms with Crippen LogP contribution in [0.2, 0.25) is 0 Å². The van der Waals surface area contributed by atoms with E-state index in [0.717, 1.165) is 46.2 Å². The van der Waals surface area contributed by atoms with Crippen molar-refractivity contribution < 1.29 is 35.6 Å². The number of halogens is 1. The quantitative estimate of drug-likeness (QED) is 0.398. The van der Waals surface area contributed by atoms with Crippen LogP contribution in [-0.4, -0.2) is 63.0 Å². The molecule has 1 aromatic heterocycles. The number of nitrogens with zero attached hydrogens (tertiary/aromatic N) is 3. The molecular weight excluding hydrogens is 545 g/mol. The van der Waals surface area contributed by atoms with E-state index in [1.807, 2.05) is 0 Å². The molecule has 0 N–H and O–H groups in total. The van der Waals surface area contributed by atoms with Gasteiger partial charge in [-0.15, -0.1) is 0 Å². The highest BCUT2D eigenvalue weighted by molar-refractivity contribution is 7.90. The summed E-state index contributed by atoms with van der Waals surface area (Å²) < 4.78 is 71.6. The fraction of sp³-hybridized carbons (Fsp3) is 0.348. The molecule has 1 fully saturated rings. The molecule has 10 nitrogen and oxygen atoms in total. The van der Waals surface area contributed by atoms with Gasteiger partial charge in [0.25, 0.3) is 5.91 Å². The summed E-state index contributed by atoms with van der Waals surface area (Å²) in [7, 11) is -7.59. The molecule has 2 heterocycles. The molecule has 37 heavy (non-hydrogen) atoms. The number of benzene rings is 2. The number of aromatic nitrogens is 1. The molecule has 0 radical (unpaired) electrons. The van der Waals surface area contributed by atoms with Crippen LogP contribution in [0.3, 0.4) is 0 Å². The van der Waals surface area contributed by atoms with Crippen molar-refractivity contribution in [1.82, 2.24) is 8.87 Å². The first-order valence-corrected chi connectivity index (χ1v) is 15.4. The van der Waals surface area contributed by atoms with Gasteiger partial charge in [0.05, 0.1) is 26.6 Å². The number of fused-ring (bicyclic) bond motifs is 1. The molecule has 1 unspecified atom stereocenters. The van der Waals surface area contributed by atoms with Gasteiger partial charge in [0, 0.05) is 12.8 Å². The molecule has 14 heteroatoms. The zero-order valence-corrected chi connectivity index (χ0v) is 22.4. The SMILES string of the molecule is CCOC(=O)Cn1c(=NC(=O)C2CCCN2S(=O)(=O)c2ccc(F)cc2)sc2cc(S(C)(=O)=O)ccc21. The Balaban J connectivity index is 1.76. The number of hydrogen-bond donors (Lipinski definition) is 0. The lowest BCUT2D eigenvalue weighted by Crippen LogP contribution is -2.40. The van der Waals surface area contributed by atoms with Crippen molar-refractivity contribution in [3.05, 3.63) is 53.1 Å². The summed E-state index contributed by atoms with van der Waals surface area (Å²) in [5.74, 6) is -1.89. The standard InChI is InChI=1S/C23H24FN3O7S3/c1-3-34-21(28)14-26-18-11-10-17(36(2,30)31)13-20(18)35-23(26)25-22(29)19-5-4-12-27(19)37(32,33)16-8-6-15(24)7-9-16/h6-11,13,19H,3-5,12,14H2,1-2H3. The van der Waals surface area contributed by atoms with Gasteiger partial charge in [-0.3, -0.25) is 9.59 Å². The second kappa shape index (κ2) is 10.4. The molecule has 1 aliphatic rings. The fourth-order valence-corrected chi connectivity index (χ4v) is 7.49. The van der Waals surface area contributed by atoms with Crippen LogP contribution in [-0.2, 0) is 40.7 Å². The third-order valence-electron chi connectivity index (χ3n) is 5.79. The number of carbonyl (C=O) groups excluding carboxylic acids is 2. The molecule has 3 aromatic rings. The lowest BCUT2D eigenvalue weighted by atomic mass is 10.2. The molecule has 1 aliphatic heterocycles. The number of thiazole rings is 1. The molecule has 0 saturated carbocycles. The van der Waals surface area contributed by atoms with Crippen molar-refractivity contribution in [3.8, 4) is 0 Å². The number of esters is 1. The summed E-state index contributed by atoms with van der Waals surface area (Å²) in [5.41, 5.74) is 0.471. The molecule has 1 atom stereocenters. The van der Waals surface area contributed by atoms with E-state index in [-0.39, 0.29) is 40.7 Å². The van der Waals surface area contributed by atoms with Crippen molar-refractivity contribution in [2.45, 2.75) is 42.1 Å². The number of hydrogen-bond acceptors (Lipinski definition) is 8. The highest BCUT2D eigenvalue weighted by atomic mass is 32.2. The van der Waals surface area contributed by atoms with E-state index in [1.165, 1.54) is 22.8 Å². The highest BCUT2D eigenvalue weighted by Gasteiger charge is 2.39. The third-order valence-corrected chi connectivity index (χ3v) is 9.86. The van der Waals surface area contributed by atoms with E-state index in [4.69, 9.17) is 4.74 Å². The highest BCUT2D eigenvalue weighted by Crippen LogP contribution is 2.27. The van der Waals surface area contributed by atoms with E-state index >= 15 is 0 Å². The number of sulfonamides is 1. The maximum Gasteiger partial charge on any atom is 0.326 e. The number of carbonyl (C=O) groups is 2. The van der Waals surface area contributed by atoms with Crippen LogP contribution in [0.1, 0.15) is 19.8 Å². The fourth-order valence-electron chi connectivity index (χ4n) is 4.04. The Hall–Kier alpha value is -2.94. The number of amides is 1. The Kier molecular flexibility index (Phi) is 7.65. The Labute approximate surface area is 217 Å². The summed E-state index contributed by atoms with van der Waals surface area (Å²) in [6.45, 7) is 1.61. The van der Waals surface area contributed by atoms with Gasteiger partial charge in [0.2, 0.25) is 10.0 Å². The topological polar surface area (TPSA) is 132 Å². The van der Waals surface area contributed by atoms with E-state index in [0.29, 0.717) is 16.6 Å². The first-order valence-electron chi connectivity index (χ1n) is 11.3. The molecule has 4 rings (SSSR count). The molecule has 2 aromatic carbocycles. The second-order valence-corrected chi connectivity index (χ2v) is 13.3. The maximum atomic E-state index is 13.3. The van der Waals surface area contributed by atoms with Gasteiger partial charge in [0.1, 0.15) is 18.4 Å². The number of ether oxygens (including phenoxy) is 1. The summed E-state index contributed by atoms with van der Waals surface area (Å²) in [5, 5.41) is 0. The van der Waals surface area contributed by atoms with E-state index < -0.39 is 43.6 Å². The molecule has 0 spiro atoms. The van der Waals surface area contributed by atoms with E-state index in [2.05, 4.69) is 4.99 Å². The molecular formula is C23H24FN3O7S3. The van der Waals surface area contributed by atoms with Crippen LogP contribution in [0.25, 0.3) is 10.2 Å². The minimum atomic E-state index is -4.08. The zero-order valence-electron chi connectivity index (χ0n) is 20.0. The van der Waals surface area contributed by atoms with Crippen LogP contribution in [0.4, 0.5) is 4.39 Å². The molecule has 1 saturated heterocycles. The maximum absolute atomic E-state index is 13.3. The van der Waals surface area contributed by atoms with Crippen molar-refractivity contribution in [2.24, 2.45) is 4.99 Å². The van der Waals surface area contributed by atoms with Gasteiger partial charge < -0.3 is 9.30 Å². The monoisotopic (exact) mass is 569 g/mol. The van der Waals surface area contributed by atoms with Crippen LogP contribution in [0, 0.1) is 5.82 Å². The summed E-state index contributed by atoms with van der Waals surface area (Å²) in [6.07, 6.45) is 1.74. The smallest absolute Gasteiger partial charge is 0.326 e. The van der Waals surface area contributed by atoms with Crippen molar-refractivity contribution in [1.29, 1.82) is 0 Å². The largest absolute Gasteiger partial charge is 0.465 e. The first-order chi connectivity index (χ1) is 17.4. The third kappa shape index (κ3) is 5.66. The first kappa shape index (κ1) is 27.1. The summed E-state index contributed by atoms with van der Waals surface area (Å²) >= 11 is 1.00. The predicted octanol–water partition coefficient (Wildman–Crippen LogP) is 2.09. The van der Waals surface area contributed by atoms with Gasteiger partial charge in [-0.05, 0) is 62.2 Å². The Morgan fingerprint density at radius 1 is 1.11 bits per heavy atom. The van der Waals surface area contributed by atoms with E-state index in [1.54, 1.807) is 6.92 Å². The lowest BCUT2D eigenvalue weighted by molar-refractivity contribution is -0.143. The zero-order chi connectivity index (χ0) is 27.0. The second-order valence-electron chi connectivity index (χ2n) is 8.36. The Morgan fingerprint density at radius 3 is 2.43 bits per heavy atom. The minimum absolute atomic E-state index is 0.0646. The van der Waals surface area contributed by atoms with Crippen LogP contribution < -0.4 is 4.80 Å². The van der Waals surface area contributed by atoms with Gasteiger partial charge in [-0.1, -0.05) is 11.3 Å². The number of rotatable bonds is 7. The number of sulfone groups is 1. The van der Waals surface area contributed by atoms with Crippen molar-refractivity contribution in [3.63, 3.8) is 0 Å². The van der Waals surface area contributed by atoms with Crippen molar-refractivity contribution >= 4 is 53.3 Å². The van der Waals surface area contributed by atoms with Gasteiger partial charge in [-0.25, -0.2) is 21.2 Å². The van der Waals surface area contributed by atoms with Gasteiger partial charge in [0.15, 0.2) is 14.6 Å². The molecule has 198 valence electrons. The van der Waals surface area contributed by atoms with Gasteiger partial charge in [-0.2, -0.15) is 9.30 Å². The molecule has 0 aliphatic carbocycles. The summed E-state index contributed by atoms with van der Waals surface area (Å²) in [6, 6.07) is 7.61.